The van der Waals surface area contributed by atoms with E-state index in [0.717, 1.165) is 49.7 Å². The first-order chi connectivity index (χ1) is 23.2. The van der Waals surface area contributed by atoms with Crippen LogP contribution < -0.4 is 10.4 Å². The molecule has 0 saturated heterocycles. The highest BCUT2D eigenvalue weighted by atomic mass is 32.2. The molecule has 2 heterocycles. The third-order valence-electron chi connectivity index (χ3n) is 9.66. The van der Waals surface area contributed by atoms with Crippen LogP contribution in [0.3, 0.4) is 0 Å². The average molecular weight is 651 g/mol. The molecule has 3 nitrogen and oxygen atoms in total. The van der Waals surface area contributed by atoms with E-state index in [1.54, 1.807) is 24.3 Å². The van der Waals surface area contributed by atoms with Crippen molar-refractivity contribution in [3.05, 3.63) is 176 Å². The molecule has 0 bridgehead atoms. The van der Waals surface area contributed by atoms with Gasteiger partial charge >= 0.3 is 0 Å². The lowest BCUT2D eigenvalue weighted by Crippen LogP contribution is -2.14. The van der Waals surface area contributed by atoms with Crippen LogP contribution in [0.5, 0.6) is 0 Å². The fourth-order valence-electron chi connectivity index (χ4n) is 7.86. The zero-order valence-corrected chi connectivity index (χ0v) is 26.0. The number of rotatable bonds is 2. The zero-order valence-electron chi connectivity index (χ0n) is 25.2. The smallest absolute Gasteiger partial charge is 0.208 e. The fourth-order valence-corrected chi connectivity index (χ4v) is 9.79. The van der Waals surface area contributed by atoms with Gasteiger partial charge in [-0.2, -0.15) is 0 Å². The summed E-state index contributed by atoms with van der Waals surface area (Å²) in [6, 6.07) is 30.5. The van der Waals surface area contributed by atoms with Crippen LogP contribution in [-0.2, 0) is 9.84 Å². The molecule has 2 aliphatic carbocycles. The SMILES string of the molecule is Cc1cc(F)cc(C2=c3cc4cc5c(cc4cc3-c3c2oc2ccccc32)=C(c2cc(F)cc(F)c2)C2=C5c3ccccc3S2(=O)=O)c1. The number of halogens is 3. The Morgan fingerprint density at radius 2 is 1.21 bits per heavy atom. The quantitative estimate of drug-likeness (QED) is 0.189. The van der Waals surface area contributed by atoms with Crippen molar-refractivity contribution in [1.29, 1.82) is 0 Å². The molecule has 0 saturated carbocycles. The summed E-state index contributed by atoms with van der Waals surface area (Å²) in [5.74, 6) is -1.29. The molecular formula is C41H21F3O3S. The summed E-state index contributed by atoms with van der Waals surface area (Å²) in [5, 5.41) is 4.00. The number of sulfone groups is 1. The van der Waals surface area contributed by atoms with Crippen LogP contribution in [0.15, 0.2) is 123 Å². The van der Waals surface area contributed by atoms with Crippen LogP contribution in [0.2, 0.25) is 0 Å². The second-order valence-corrected chi connectivity index (χ2v) is 14.4. The third-order valence-corrected chi connectivity index (χ3v) is 11.5. The highest BCUT2D eigenvalue weighted by molar-refractivity contribution is 7.96. The van der Waals surface area contributed by atoms with Crippen molar-refractivity contribution < 1.29 is 26.0 Å². The summed E-state index contributed by atoms with van der Waals surface area (Å²) >= 11 is 0. The van der Waals surface area contributed by atoms with Gasteiger partial charge in [0, 0.05) is 39.3 Å². The Bertz CT molecular complexity index is 2910. The monoisotopic (exact) mass is 650 g/mol. The topological polar surface area (TPSA) is 47.3 Å². The van der Waals surface area contributed by atoms with E-state index in [2.05, 4.69) is 0 Å². The maximum absolute atomic E-state index is 14.8. The fraction of sp³-hybridized carbons (Fsp3) is 0.0244. The number of hydrogen-bond donors (Lipinski definition) is 0. The van der Waals surface area contributed by atoms with Crippen LogP contribution >= 0.6 is 0 Å². The second kappa shape index (κ2) is 9.24. The highest BCUT2D eigenvalue weighted by Crippen LogP contribution is 2.50. The number of benzene rings is 6. The van der Waals surface area contributed by atoms with Crippen molar-refractivity contribution in [2.24, 2.45) is 0 Å². The first-order valence-corrected chi connectivity index (χ1v) is 16.9. The Hall–Kier alpha value is -5.66. The summed E-state index contributed by atoms with van der Waals surface area (Å²) in [6.45, 7) is 1.85. The van der Waals surface area contributed by atoms with E-state index in [4.69, 9.17) is 4.42 Å². The number of para-hydroxylation sites is 1. The van der Waals surface area contributed by atoms with E-state index >= 15 is 0 Å². The van der Waals surface area contributed by atoms with Crippen molar-refractivity contribution in [1.82, 2.24) is 0 Å². The van der Waals surface area contributed by atoms with E-state index in [9.17, 15) is 21.6 Å². The molecule has 1 aromatic heterocycles. The molecule has 230 valence electrons. The minimum absolute atomic E-state index is 0.0529. The van der Waals surface area contributed by atoms with Gasteiger partial charge < -0.3 is 4.42 Å². The van der Waals surface area contributed by atoms with Crippen LogP contribution in [0.1, 0.15) is 33.6 Å². The molecule has 0 radical (unpaired) electrons. The van der Waals surface area contributed by atoms with E-state index in [-0.39, 0.29) is 26.8 Å². The van der Waals surface area contributed by atoms with Crippen LogP contribution in [0.4, 0.5) is 13.2 Å². The largest absolute Gasteiger partial charge is 0.455 e. The van der Waals surface area contributed by atoms with Crippen molar-refractivity contribution in [3.63, 3.8) is 0 Å². The molecule has 10 rings (SSSR count). The van der Waals surface area contributed by atoms with Gasteiger partial charge in [0.05, 0.1) is 9.80 Å². The summed E-state index contributed by atoms with van der Waals surface area (Å²) in [4.78, 5) is 0.217. The van der Waals surface area contributed by atoms with Crippen molar-refractivity contribution in [3.8, 4) is 11.1 Å². The van der Waals surface area contributed by atoms with Gasteiger partial charge in [-0.3, -0.25) is 0 Å². The molecule has 0 unspecified atom stereocenters. The third kappa shape index (κ3) is 3.56. The summed E-state index contributed by atoms with van der Waals surface area (Å²) in [7, 11) is -4.01. The number of furan rings is 1. The predicted molar refractivity (Wildman–Crippen MR) is 180 cm³/mol. The normalized spacial score (nSPS) is 15.2. The number of aryl methyl sites for hydroxylation is 1. The second-order valence-electron chi connectivity index (χ2n) is 12.6. The average Bonchev–Trinajstić information content (AvgIpc) is 3.73. The Morgan fingerprint density at radius 1 is 0.583 bits per heavy atom. The van der Waals surface area contributed by atoms with E-state index in [1.807, 2.05) is 61.5 Å². The maximum Gasteiger partial charge on any atom is 0.208 e. The van der Waals surface area contributed by atoms with Crippen LogP contribution in [-0.4, -0.2) is 8.42 Å². The Kier molecular flexibility index (Phi) is 5.28. The summed E-state index contributed by atoms with van der Waals surface area (Å²) in [5.41, 5.74) is 6.90. The van der Waals surface area contributed by atoms with Gasteiger partial charge in [0.1, 0.15) is 28.8 Å². The van der Waals surface area contributed by atoms with Crippen molar-refractivity contribution in [2.75, 3.05) is 0 Å². The molecule has 0 atom stereocenters. The van der Waals surface area contributed by atoms with Gasteiger partial charge in [0.2, 0.25) is 9.84 Å². The Morgan fingerprint density at radius 3 is 1.96 bits per heavy atom. The molecule has 0 amide bonds. The molecule has 0 fully saturated rings. The van der Waals surface area contributed by atoms with Gasteiger partial charge in [0.25, 0.3) is 0 Å². The first kappa shape index (κ1) is 27.5. The molecule has 1 aliphatic heterocycles. The van der Waals surface area contributed by atoms with Gasteiger partial charge in [-0.05, 0) is 117 Å². The minimum Gasteiger partial charge on any atom is -0.455 e. The van der Waals surface area contributed by atoms with Gasteiger partial charge in [-0.25, -0.2) is 21.6 Å². The number of allylic oxidation sites excluding steroid dienone is 1. The van der Waals surface area contributed by atoms with E-state index in [1.165, 1.54) is 24.3 Å². The van der Waals surface area contributed by atoms with Crippen molar-refractivity contribution in [2.45, 2.75) is 11.8 Å². The standard InChI is InChI=1S/C41H21F3O3S/c1-20-10-23(12-25(42)11-20)36-30-15-21-18-33-31(16-22(21)17-32(30)38-28-6-2-4-8-34(28)47-40(36)38)37(24-13-26(43)19-27(44)14-24)41-39(33)29-7-3-5-9-35(29)48(41,45)46/h2-19H,1H3. The molecule has 6 aromatic carbocycles. The molecule has 0 spiro atoms. The summed E-state index contributed by atoms with van der Waals surface area (Å²) in [6.07, 6.45) is 0. The van der Waals surface area contributed by atoms with Gasteiger partial charge in [-0.1, -0.05) is 42.5 Å². The molecule has 48 heavy (non-hydrogen) atoms. The lowest BCUT2D eigenvalue weighted by Gasteiger charge is -2.11. The molecule has 7 aromatic rings. The van der Waals surface area contributed by atoms with Gasteiger partial charge in [0.15, 0.2) is 0 Å². The molecular weight excluding hydrogens is 630 g/mol. The lowest BCUT2D eigenvalue weighted by atomic mass is 9.94. The molecule has 0 N–H and O–H groups in total. The predicted octanol–water partition coefficient (Wildman–Crippen LogP) is 8.30. The van der Waals surface area contributed by atoms with Crippen molar-refractivity contribution >= 4 is 48.3 Å². The number of hydrogen-bond acceptors (Lipinski definition) is 3. The van der Waals surface area contributed by atoms with E-state index in [0.29, 0.717) is 38.8 Å². The number of fused-ring (bicyclic) bond motifs is 10. The molecule has 7 heteroatoms. The lowest BCUT2D eigenvalue weighted by molar-refractivity contribution is 0.582. The first-order valence-electron chi connectivity index (χ1n) is 15.4. The Labute approximate surface area is 272 Å². The van der Waals surface area contributed by atoms with E-state index < -0.39 is 21.5 Å². The maximum atomic E-state index is 14.8. The molecule has 3 aliphatic rings. The zero-order chi connectivity index (χ0) is 32.6. The highest BCUT2D eigenvalue weighted by Gasteiger charge is 2.42. The minimum atomic E-state index is -4.01. The van der Waals surface area contributed by atoms with Crippen LogP contribution in [0.25, 0.3) is 49.6 Å². The Balaban J connectivity index is 1.35. The van der Waals surface area contributed by atoms with Crippen LogP contribution in [0, 0.1) is 24.4 Å². The van der Waals surface area contributed by atoms with Gasteiger partial charge in [-0.15, -0.1) is 0 Å². The summed E-state index contributed by atoms with van der Waals surface area (Å²) < 4.78 is 78.9.